The SMILES string of the molecule is CCCCCCCCCCCCCCCCCC(=O)OC[C@@H](COC(=O)CCCCCCCCCCCCCC)OC(=O)CCCCCCCCCCCCCCC(C)C. The van der Waals surface area contributed by atoms with Gasteiger partial charge in [0.2, 0.25) is 0 Å². The van der Waals surface area contributed by atoms with Crippen LogP contribution in [0.3, 0.4) is 0 Å². The van der Waals surface area contributed by atoms with Crippen LogP contribution in [0.1, 0.15) is 304 Å². The molecule has 0 heterocycles. The highest BCUT2D eigenvalue weighted by Crippen LogP contribution is 2.17. The van der Waals surface area contributed by atoms with E-state index in [0.29, 0.717) is 19.3 Å². The Hall–Kier alpha value is -1.59. The van der Waals surface area contributed by atoms with Crippen molar-refractivity contribution in [3.8, 4) is 0 Å². The standard InChI is InChI=1S/C54H104O6/c1-5-7-9-11-13-15-17-19-20-21-26-30-34-38-42-46-53(56)59-49-51(48-58-52(55)45-41-37-33-29-25-18-16-14-12-10-8-6-2)60-54(57)47-43-39-35-31-27-23-22-24-28-32-36-40-44-50(3)4/h50-51H,5-49H2,1-4H3/t51-/m1/s1. The van der Waals surface area contributed by atoms with Crippen LogP contribution < -0.4 is 0 Å². The summed E-state index contributed by atoms with van der Waals surface area (Å²) in [6.07, 6.45) is 50.8. The first-order valence-corrected chi connectivity index (χ1v) is 26.9. The first-order valence-electron chi connectivity index (χ1n) is 26.9. The predicted octanol–water partition coefficient (Wildman–Crippen LogP) is 17.5. The van der Waals surface area contributed by atoms with Crippen molar-refractivity contribution in [1.82, 2.24) is 0 Å². The van der Waals surface area contributed by atoms with Gasteiger partial charge < -0.3 is 14.2 Å². The zero-order valence-corrected chi connectivity index (χ0v) is 40.9. The lowest BCUT2D eigenvalue weighted by Crippen LogP contribution is -2.30. The molecule has 0 unspecified atom stereocenters. The average Bonchev–Trinajstić information content (AvgIpc) is 3.23. The van der Waals surface area contributed by atoms with Crippen LogP contribution in [-0.2, 0) is 28.6 Å². The van der Waals surface area contributed by atoms with Crippen molar-refractivity contribution < 1.29 is 28.6 Å². The Bertz CT molecular complexity index is 903. The molecule has 0 bridgehead atoms. The fourth-order valence-electron chi connectivity index (χ4n) is 8.22. The number of carbonyl (C=O) groups excluding carboxylic acids is 3. The van der Waals surface area contributed by atoms with Crippen molar-refractivity contribution in [2.45, 2.75) is 310 Å². The van der Waals surface area contributed by atoms with Gasteiger partial charge in [0.15, 0.2) is 6.10 Å². The Balaban J connectivity index is 4.30. The van der Waals surface area contributed by atoms with Gasteiger partial charge in [0.25, 0.3) is 0 Å². The van der Waals surface area contributed by atoms with Gasteiger partial charge in [-0.1, -0.05) is 265 Å². The highest BCUT2D eigenvalue weighted by atomic mass is 16.6. The zero-order valence-electron chi connectivity index (χ0n) is 40.9. The van der Waals surface area contributed by atoms with Crippen LogP contribution in [0.25, 0.3) is 0 Å². The van der Waals surface area contributed by atoms with E-state index in [1.807, 2.05) is 0 Å². The van der Waals surface area contributed by atoms with E-state index < -0.39 is 6.10 Å². The third-order valence-corrected chi connectivity index (χ3v) is 12.3. The molecule has 0 radical (unpaired) electrons. The van der Waals surface area contributed by atoms with E-state index in [1.165, 1.54) is 199 Å². The second-order valence-corrected chi connectivity index (χ2v) is 19.0. The molecule has 356 valence electrons. The highest BCUT2D eigenvalue weighted by molar-refractivity contribution is 5.71. The quantitative estimate of drug-likeness (QED) is 0.0345. The van der Waals surface area contributed by atoms with E-state index in [0.717, 1.165) is 63.7 Å². The van der Waals surface area contributed by atoms with Crippen molar-refractivity contribution in [2.24, 2.45) is 5.92 Å². The molecular weight excluding hydrogens is 745 g/mol. The van der Waals surface area contributed by atoms with E-state index in [-0.39, 0.29) is 31.1 Å². The molecule has 0 rings (SSSR count). The molecular formula is C54H104O6. The molecule has 0 N–H and O–H groups in total. The van der Waals surface area contributed by atoms with Crippen molar-refractivity contribution in [3.05, 3.63) is 0 Å². The Morgan fingerprint density at radius 3 is 0.817 bits per heavy atom. The first kappa shape index (κ1) is 58.4. The van der Waals surface area contributed by atoms with Crippen LogP contribution in [0.15, 0.2) is 0 Å². The summed E-state index contributed by atoms with van der Waals surface area (Å²) in [6, 6.07) is 0. The van der Waals surface area contributed by atoms with E-state index in [2.05, 4.69) is 27.7 Å². The summed E-state index contributed by atoms with van der Waals surface area (Å²) in [4.78, 5) is 38.0. The number of esters is 3. The van der Waals surface area contributed by atoms with Crippen LogP contribution in [0, 0.1) is 5.92 Å². The van der Waals surface area contributed by atoms with Crippen molar-refractivity contribution in [3.63, 3.8) is 0 Å². The number of ether oxygens (including phenoxy) is 3. The Kier molecular flexibility index (Phi) is 47.2. The third kappa shape index (κ3) is 47.5. The van der Waals surface area contributed by atoms with Gasteiger partial charge in [0.1, 0.15) is 13.2 Å². The van der Waals surface area contributed by atoms with Crippen LogP contribution in [0.5, 0.6) is 0 Å². The molecule has 0 saturated heterocycles. The molecule has 0 fully saturated rings. The average molecular weight is 849 g/mol. The number of hydrogen-bond donors (Lipinski definition) is 0. The van der Waals surface area contributed by atoms with Gasteiger partial charge in [-0.05, 0) is 25.2 Å². The summed E-state index contributed by atoms with van der Waals surface area (Å²) in [5.41, 5.74) is 0. The molecule has 6 heteroatoms. The summed E-state index contributed by atoms with van der Waals surface area (Å²) < 4.78 is 16.8. The molecule has 0 aliphatic rings. The maximum Gasteiger partial charge on any atom is 0.306 e. The smallest absolute Gasteiger partial charge is 0.306 e. The largest absolute Gasteiger partial charge is 0.462 e. The van der Waals surface area contributed by atoms with Gasteiger partial charge in [-0.3, -0.25) is 14.4 Å². The molecule has 0 aromatic carbocycles. The monoisotopic (exact) mass is 849 g/mol. The Morgan fingerprint density at radius 2 is 0.550 bits per heavy atom. The third-order valence-electron chi connectivity index (χ3n) is 12.3. The molecule has 1 atom stereocenters. The number of hydrogen-bond acceptors (Lipinski definition) is 6. The summed E-state index contributed by atoms with van der Waals surface area (Å²) >= 11 is 0. The molecule has 0 aromatic rings. The fraction of sp³-hybridized carbons (Fsp3) is 0.944. The van der Waals surface area contributed by atoms with E-state index in [4.69, 9.17) is 14.2 Å². The fourth-order valence-corrected chi connectivity index (χ4v) is 8.22. The Labute approximate surface area is 374 Å². The molecule has 6 nitrogen and oxygen atoms in total. The second kappa shape index (κ2) is 48.4. The van der Waals surface area contributed by atoms with Crippen molar-refractivity contribution >= 4 is 17.9 Å². The summed E-state index contributed by atoms with van der Waals surface area (Å²) in [6.45, 7) is 9.04. The summed E-state index contributed by atoms with van der Waals surface area (Å²) in [5.74, 6) is -0.00892. The van der Waals surface area contributed by atoms with Crippen molar-refractivity contribution in [1.29, 1.82) is 0 Å². The highest BCUT2D eigenvalue weighted by Gasteiger charge is 2.19. The maximum atomic E-state index is 12.8. The molecule has 60 heavy (non-hydrogen) atoms. The lowest BCUT2D eigenvalue weighted by atomic mass is 10.0. The van der Waals surface area contributed by atoms with Crippen LogP contribution in [0.4, 0.5) is 0 Å². The molecule has 0 saturated carbocycles. The summed E-state index contributed by atoms with van der Waals surface area (Å²) in [7, 11) is 0. The van der Waals surface area contributed by atoms with Crippen LogP contribution in [-0.4, -0.2) is 37.2 Å². The zero-order chi connectivity index (χ0) is 43.8. The van der Waals surface area contributed by atoms with Crippen LogP contribution >= 0.6 is 0 Å². The van der Waals surface area contributed by atoms with E-state index in [1.54, 1.807) is 0 Å². The minimum Gasteiger partial charge on any atom is -0.462 e. The minimum atomic E-state index is -0.761. The van der Waals surface area contributed by atoms with E-state index in [9.17, 15) is 14.4 Å². The number of carbonyl (C=O) groups is 3. The Morgan fingerprint density at radius 1 is 0.317 bits per heavy atom. The lowest BCUT2D eigenvalue weighted by molar-refractivity contribution is -0.167. The van der Waals surface area contributed by atoms with Gasteiger partial charge >= 0.3 is 17.9 Å². The minimum absolute atomic E-state index is 0.0624. The maximum absolute atomic E-state index is 12.8. The molecule has 0 aliphatic heterocycles. The topological polar surface area (TPSA) is 78.9 Å². The molecule has 0 aliphatic carbocycles. The predicted molar refractivity (Wildman–Crippen MR) is 257 cm³/mol. The molecule has 0 spiro atoms. The van der Waals surface area contributed by atoms with Crippen LogP contribution in [0.2, 0.25) is 0 Å². The molecule has 0 amide bonds. The van der Waals surface area contributed by atoms with Gasteiger partial charge in [0.05, 0.1) is 0 Å². The van der Waals surface area contributed by atoms with Gasteiger partial charge in [-0.15, -0.1) is 0 Å². The van der Waals surface area contributed by atoms with Gasteiger partial charge in [0, 0.05) is 19.3 Å². The molecule has 0 aromatic heterocycles. The summed E-state index contributed by atoms with van der Waals surface area (Å²) in [5, 5.41) is 0. The second-order valence-electron chi connectivity index (χ2n) is 19.0. The number of rotatable bonds is 49. The van der Waals surface area contributed by atoms with Gasteiger partial charge in [-0.2, -0.15) is 0 Å². The van der Waals surface area contributed by atoms with Crippen molar-refractivity contribution in [2.75, 3.05) is 13.2 Å². The number of unbranched alkanes of at least 4 members (excludes halogenated alkanes) is 36. The normalized spacial score (nSPS) is 11.9. The lowest BCUT2D eigenvalue weighted by Gasteiger charge is -2.18. The van der Waals surface area contributed by atoms with E-state index >= 15 is 0 Å². The van der Waals surface area contributed by atoms with Gasteiger partial charge in [-0.25, -0.2) is 0 Å². The first-order chi connectivity index (χ1) is 29.4.